The van der Waals surface area contributed by atoms with Crippen molar-refractivity contribution in [2.24, 2.45) is 0 Å². The molecule has 0 aromatic heterocycles. The van der Waals surface area contributed by atoms with Gasteiger partial charge in [-0.1, -0.05) is 12.1 Å². The molecule has 4 heteroatoms. The summed E-state index contributed by atoms with van der Waals surface area (Å²) in [4.78, 5) is 2.25. The normalized spacial score (nSPS) is 10.1. The maximum absolute atomic E-state index is 8.96. The molecule has 0 unspecified atom stereocenters. The van der Waals surface area contributed by atoms with Crippen LogP contribution in [0.2, 0.25) is 0 Å². The second-order valence-electron chi connectivity index (χ2n) is 4.53. The predicted molar refractivity (Wildman–Crippen MR) is 86.4 cm³/mol. The van der Waals surface area contributed by atoms with E-state index in [2.05, 4.69) is 33.8 Å². The lowest BCUT2D eigenvalue weighted by atomic mass is 10.1. The minimum Gasteiger partial charge on any atom is -0.399 e. The molecule has 0 bridgehead atoms. The molecule has 2 aromatic carbocycles. The van der Waals surface area contributed by atoms with Crippen LogP contribution in [0.1, 0.15) is 18.1 Å². The second kappa shape index (κ2) is 6.44. The third-order valence-corrected chi connectivity index (χ3v) is 3.83. The Bertz CT molecular complexity index is 629. The summed E-state index contributed by atoms with van der Waals surface area (Å²) >= 11 is 3.43. The Labute approximate surface area is 127 Å². The highest BCUT2D eigenvalue weighted by molar-refractivity contribution is 9.10. The SMILES string of the molecule is CCN(Cc1ccc(N)cc1)c1ccc(C#N)c(Br)c1. The van der Waals surface area contributed by atoms with Crippen LogP contribution in [-0.4, -0.2) is 6.54 Å². The summed E-state index contributed by atoms with van der Waals surface area (Å²) < 4.78 is 0.827. The van der Waals surface area contributed by atoms with E-state index < -0.39 is 0 Å². The van der Waals surface area contributed by atoms with Crippen LogP contribution in [0, 0.1) is 11.3 Å². The van der Waals surface area contributed by atoms with Crippen LogP contribution in [0.25, 0.3) is 0 Å². The summed E-state index contributed by atoms with van der Waals surface area (Å²) in [6, 6.07) is 15.9. The molecule has 0 saturated carbocycles. The molecule has 0 amide bonds. The molecular weight excluding hydrogens is 314 g/mol. The fourth-order valence-corrected chi connectivity index (χ4v) is 2.48. The number of nitriles is 1. The molecule has 2 N–H and O–H groups in total. The van der Waals surface area contributed by atoms with Crippen molar-refractivity contribution in [2.45, 2.75) is 13.5 Å². The summed E-state index contributed by atoms with van der Waals surface area (Å²) in [6.45, 7) is 3.82. The molecule has 0 aliphatic carbocycles. The smallest absolute Gasteiger partial charge is 0.100 e. The number of hydrogen-bond acceptors (Lipinski definition) is 3. The molecule has 0 spiro atoms. The minimum absolute atomic E-state index is 0.650. The number of rotatable bonds is 4. The van der Waals surface area contributed by atoms with Crippen molar-refractivity contribution in [2.75, 3.05) is 17.2 Å². The van der Waals surface area contributed by atoms with Crippen molar-refractivity contribution in [3.8, 4) is 6.07 Å². The Morgan fingerprint density at radius 3 is 2.45 bits per heavy atom. The molecule has 2 aromatic rings. The molecule has 3 nitrogen and oxygen atoms in total. The van der Waals surface area contributed by atoms with Gasteiger partial charge in [0.1, 0.15) is 6.07 Å². The minimum atomic E-state index is 0.650. The van der Waals surface area contributed by atoms with Gasteiger partial charge >= 0.3 is 0 Å². The number of benzene rings is 2. The van der Waals surface area contributed by atoms with Crippen molar-refractivity contribution in [3.05, 3.63) is 58.1 Å². The number of halogens is 1. The first-order chi connectivity index (χ1) is 9.63. The lowest BCUT2D eigenvalue weighted by Gasteiger charge is -2.23. The predicted octanol–water partition coefficient (Wildman–Crippen LogP) is 3.93. The van der Waals surface area contributed by atoms with E-state index in [-0.39, 0.29) is 0 Å². The van der Waals surface area contributed by atoms with E-state index >= 15 is 0 Å². The van der Waals surface area contributed by atoms with Crippen molar-refractivity contribution in [3.63, 3.8) is 0 Å². The number of hydrogen-bond donors (Lipinski definition) is 1. The van der Waals surface area contributed by atoms with Crippen LogP contribution in [0.5, 0.6) is 0 Å². The van der Waals surface area contributed by atoms with Crippen molar-refractivity contribution >= 4 is 27.3 Å². The molecule has 102 valence electrons. The van der Waals surface area contributed by atoms with Gasteiger partial charge in [0.25, 0.3) is 0 Å². The number of nitrogens with zero attached hydrogens (tertiary/aromatic N) is 2. The maximum atomic E-state index is 8.96. The van der Waals surface area contributed by atoms with Gasteiger partial charge in [-0.2, -0.15) is 5.26 Å². The van der Waals surface area contributed by atoms with Crippen molar-refractivity contribution in [1.82, 2.24) is 0 Å². The van der Waals surface area contributed by atoms with Crippen LogP contribution in [0.3, 0.4) is 0 Å². The Balaban J connectivity index is 2.22. The van der Waals surface area contributed by atoms with Gasteiger partial charge in [0.2, 0.25) is 0 Å². The fourth-order valence-electron chi connectivity index (χ4n) is 2.02. The van der Waals surface area contributed by atoms with Crippen LogP contribution in [0.4, 0.5) is 11.4 Å². The molecule has 0 aliphatic rings. The average Bonchev–Trinajstić information content (AvgIpc) is 2.46. The van der Waals surface area contributed by atoms with E-state index in [1.807, 2.05) is 42.5 Å². The first-order valence-corrected chi connectivity index (χ1v) is 7.22. The summed E-state index contributed by atoms with van der Waals surface area (Å²) in [5.41, 5.74) is 9.43. The van der Waals surface area contributed by atoms with E-state index in [9.17, 15) is 0 Å². The molecule has 20 heavy (non-hydrogen) atoms. The van der Waals surface area contributed by atoms with E-state index in [1.165, 1.54) is 5.56 Å². The highest BCUT2D eigenvalue weighted by Gasteiger charge is 2.08. The molecule has 2 rings (SSSR count). The molecule has 0 fully saturated rings. The highest BCUT2D eigenvalue weighted by atomic mass is 79.9. The Hall–Kier alpha value is -1.99. The lowest BCUT2D eigenvalue weighted by molar-refractivity contribution is 0.831. The van der Waals surface area contributed by atoms with Gasteiger partial charge in [-0.15, -0.1) is 0 Å². The monoisotopic (exact) mass is 329 g/mol. The Morgan fingerprint density at radius 1 is 1.20 bits per heavy atom. The largest absolute Gasteiger partial charge is 0.399 e. The number of anilines is 2. The summed E-state index contributed by atoms with van der Waals surface area (Å²) in [5, 5.41) is 8.96. The van der Waals surface area contributed by atoms with E-state index in [0.717, 1.165) is 28.9 Å². The first-order valence-electron chi connectivity index (χ1n) is 6.43. The van der Waals surface area contributed by atoms with Crippen LogP contribution >= 0.6 is 15.9 Å². The van der Waals surface area contributed by atoms with E-state index in [1.54, 1.807) is 0 Å². The fraction of sp³-hybridized carbons (Fsp3) is 0.188. The molecule has 0 aliphatic heterocycles. The maximum Gasteiger partial charge on any atom is 0.100 e. The number of nitrogens with two attached hydrogens (primary N) is 1. The third-order valence-electron chi connectivity index (χ3n) is 3.17. The zero-order chi connectivity index (χ0) is 14.5. The summed E-state index contributed by atoms with van der Waals surface area (Å²) in [7, 11) is 0. The topological polar surface area (TPSA) is 53.0 Å². The summed E-state index contributed by atoms with van der Waals surface area (Å²) in [6.07, 6.45) is 0. The van der Waals surface area contributed by atoms with Crippen LogP contribution in [0.15, 0.2) is 46.9 Å². The molecule has 0 saturated heterocycles. The standard InChI is InChI=1S/C16H16BrN3/c1-2-20(11-12-3-6-14(19)7-4-12)15-8-5-13(10-18)16(17)9-15/h3-9H,2,11,19H2,1H3. The van der Waals surface area contributed by atoms with Gasteiger partial charge in [-0.25, -0.2) is 0 Å². The highest BCUT2D eigenvalue weighted by Crippen LogP contribution is 2.25. The number of nitrogen functional groups attached to an aromatic ring is 1. The quantitative estimate of drug-likeness (QED) is 0.864. The molecule has 0 heterocycles. The van der Waals surface area contributed by atoms with Gasteiger partial charge in [0.05, 0.1) is 5.56 Å². The molecular formula is C16H16BrN3. The van der Waals surface area contributed by atoms with Crippen LogP contribution in [-0.2, 0) is 6.54 Å². The molecule has 0 radical (unpaired) electrons. The second-order valence-corrected chi connectivity index (χ2v) is 5.39. The van der Waals surface area contributed by atoms with Gasteiger partial charge in [-0.05, 0) is 58.7 Å². The third kappa shape index (κ3) is 3.31. The van der Waals surface area contributed by atoms with Gasteiger partial charge in [0.15, 0.2) is 0 Å². The zero-order valence-corrected chi connectivity index (χ0v) is 12.9. The van der Waals surface area contributed by atoms with Crippen molar-refractivity contribution < 1.29 is 0 Å². The van der Waals surface area contributed by atoms with Gasteiger partial charge in [0, 0.05) is 28.9 Å². The van der Waals surface area contributed by atoms with Crippen LogP contribution < -0.4 is 10.6 Å². The van der Waals surface area contributed by atoms with E-state index in [0.29, 0.717) is 5.56 Å². The first kappa shape index (κ1) is 14.4. The van der Waals surface area contributed by atoms with Gasteiger partial charge in [-0.3, -0.25) is 0 Å². The zero-order valence-electron chi connectivity index (χ0n) is 11.3. The average molecular weight is 330 g/mol. The molecule has 0 atom stereocenters. The lowest BCUT2D eigenvalue weighted by Crippen LogP contribution is -2.21. The van der Waals surface area contributed by atoms with E-state index in [4.69, 9.17) is 11.0 Å². The van der Waals surface area contributed by atoms with Crippen molar-refractivity contribution in [1.29, 1.82) is 5.26 Å². The Morgan fingerprint density at radius 2 is 1.90 bits per heavy atom. The Kier molecular flexibility index (Phi) is 4.65. The summed E-state index contributed by atoms with van der Waals surface area (Å²) in [5.74, 6) is 0. The van der Waals surface area contributed by atoms with Gasteiger partial charge < -0.3 is 10.6 Å².